The van der Waals surface area contributed by atoms with Crippen molar-refractivity contribution in [2.24, 2.45) is 0 Å². The van der Waals surface area contributed by atoms with E-state index in [2.05, 4.69) is 5.32 Å². The van der Waals surface area contributed by atoms with E-state index in [0.29, 0.717) is 18.9 Å². The van der Waals surface area contributed by atoms with Crippen molar-refractivity contribution in [3.63, 3.8) is 0 Å². The first-order chi connectivity index (χ1) is 11.1. The van der Waals surface area contributed by atoms with Crippen LogP contribution >= 0.6 is 11.6 Å². The van der Waals surface area contributed by atoms with E-state index in [1.807, 2.05) is 0 Å². The average molecular weight is 340 g/mol. The normalized spacial score (nSPS) is 19.3. The van der Waals surface area contributed by atoms with Gasteiger partial charge >= 0.3 is 0 Å². The van der Waals surface area contributed by atoms with Crippen LogP contribution in [0.15, 0.2) is 42.5 Å². The molecule has 2 atom stereocenters. The second-order valence-electron chi connectivity index (χ2n) is 5.28. The Morgan fingerprint density at radius 1 is 1.13 bits per heavy atom. The summed E-state index contributed by atoms with van der Waals surface area (Å²) in [5, 5.41) is 3.42. The molecule has 2 aromatic rings. The predicted octanol–water partition coefficient (Wildman–Crippen LogP) is 3.73. The number of nitrogens with one attached hydrogen (secondary N) is 1. The van der Waals surface area contributed by atoms with Crippen LogP contribution in [0.1, 0.15) is 11.7 Å². The van der Waals surface area contributed by atoms with Crippen molar-refractivity contribution in [1.29, 1.82) is 0 Å². The summed E-state index contributed by atoms with van der Waals surface area (Å²) in [5.74, 6) is -0.400. The molecule has 1 fully saturated rings. The zero-order valence-electron chi connectivity index (χ0n) is 12.3. The number of ether oxygens (including phenoxy) is 2. The topological polar surface area (TPSA) is 30.5 Å². The van der Waals surface area contributed by atoms with Gasteiger partial charge in [-0.05, 0) is 35.9 Å². The fraction of sp³-hybridized carbons (Fsp3) is 0.294. The first-order valence-corrected chi connectivity index (χ1v) is 7.71. The second kappa shape index (κ2) is 7.25. The van der Waals surface area contributed by atoms with Gasteiger partial charge in [0.2, 0.25) is 0 Å². The first kappa shape index (κ1) is 16.2. The molecule has 1 aliphatic heterocycles. The van der Waals surface area contributed by atoms with Gasteiger partial charge in [0.05, 0.1) is 11.6 Å². The molecular formula is C17H16ClF2NO2. The Morgan fingerprint density at radius 2 is 1.87 bits per heavy atom. The molecule has 1 N–H and O–H groups in total. The lowest BCUT2D eigenvalue weighted by atomic mass is 10.0. The predicted molar refractivity (Wildman–Crippen MR) is 83.8 cm³/mol. The molecule has 3 nitrogen and oxygen atoms in total. The van der Waals surface area contributed by atoms with Gasteiger partial charge in [0, 0.05) is 13.1 Å². The van der Waals surface area contributed by atoms with Gasteiger partial charge in [0.1, 0.15) is 23.5 Å². The summed E-state index contributed by atoms with van der Waals surface area (Å²) in [4.78, 5) is 0. The van der Waals surface area contributed by atoms with E-state index in [1.165, 1.54) is 30.3 Å². The van der Waals surface area contributed by atoms with Gasteiger partial charge in [-0.15, -0.1) is 0 Å². The fourth-order valence-corrected chi connectivity index (χ4v) is 2.71. The van der Waals surface area contributed by atoms with Crippen LogP contribution in [0.25, 0.3) is 0 Å². The molecule has 0 aromatic heterocycles. The summed E-state index contributed by atoms with van der Waals surface area (Å²) in [6.07, 6.45) is -0.735. The highest BCUT2D eigenvalue weighted by molar-refractivity contribution is 6.32. The molecule has 0 bridgehead atoms. The van der Waals surface area contributed by atoms with Crippen molar-refractivity contribution in [2.45, 2.75) is 12.2 Å². The quantitative estimate of drug-likeness (QED) is 0.920. The van der Waals surface area contributed by atoms with Crippen LogP contribution in [-0.4, -0.2) is 25.8 Å². The fourth-order valence-electron chi connectivity index (χ4n) is 2.50. The van der Waals surface area contributed by atoms with Crippen LogP contribution in [0.5, 0.6) is 5.75 Å². The van der Waals surface area contributed by atoms with Gasteiger partial charge in [0.15, 0.2) is 6.10 Å². The standard InChI is InChI=1S/C17H16ClF2NO2/c18-14-9-13(20)5-6-15(14)23-17(16-10-21-7-8-22-16)11-1-3-12(19)4-2-11/h1-6,9,16-17,21H,7-8,10H2/t16?,17-/m0/s1. The summed E-state index contributed by atoms with van der Waals surface area (Å²) in [6.45, 7) is 1.92. The zero-order chi connectivity index (χ0) is 16.2. The number of rotatable bonds is 4. The minimum atomic E-state index is -0.480. The van der Waals surface area contributed by atoms with Gasteiger partial charge in [-0.1, -0.05) is 23.7 Å². The van der Waals surface area contributed by atoms with Crippen molar-refractivity contribution in [3.05, 3.63) is 64.7 Å². The average Bonchev–Trinajstić information content (AvgIpc) is 2.56. The zero-order valence-corrected chi connectivity index (χ0v) is 13.0. The Labute approximate surface area is 138 Å². The number of morpholine rings is 1. The van der Waals surface area contributed by atoms with E-state index in [0.717, 1.165) is 12.1 Å². The number of halogens is 3. The van der Waals surface area contributed by atoms with Crippen LogP contribution in [0.4, 0.5) is 8.78 Å². The van der Waals surface area contributed by atoms with Crippen molar-refractivity contribution in [1.82, 2.24) is 5.32 Å². The Kier molecular flexibility index (Phi) is 5.10. The van der Waals surface area contributed by atoms with Crippen LogP contribution in [-0.2, 0) is 4.74 Å². The molecule has 2 aromatic carbocycles. The SMILES string of the molecule is Fc1ccc([C@H](Oc2ccc(F)cc2Cl)C2CNCCO2)cc1. The summed E-state index contributed by atoms with van der Waals surface area (Å²) < 4.78 is 38.1. The van der Waals surface area contributed by atoms with Crippen LogP contribution in [0, 0.1) is 11.6 Å². The molecule has 1 unspecified atom stereocenters. The highest BCUT2D eigenvalue weighted by Crippen LogP contribution is 2.32. The highest BCUT2D eigenvalue weighted by atomic mass is 35.5. The molecule has 0 spiro atoms. The minimum Gasteiger partial charge on any atom is -0.481 e. The number of hydrogen-bond acceptors (Lipinski definition) is 3. The molecule has 0 radical (unpaired) electrons. The maximum absolute atomic E-state index is 13.2. The van der Waals surface area contributed by atoms with Crippen molar-refractivity contribution >= 4 is 11.6 Å². The van der Waals surface area contributed by atoms with Crippen LogP contribution in [0.3, 0.4) is 0 Å². The Balaban J connectivity index is 1.89. The molecular weight excluding hydrogens is 324 g/mol. The molecule has 1 saturated heterocycles. The van der Waals surface area contributed by atoms with Gasteiger partial charge < -0.3 is 14.8 Å². The monoisotopic (exact) mass is 339 g/mol. The van der Waals surface area contributed by atoms with Gasteiger partial charge in [-0.2, -0.15) is 0 Å². The van der Waals surface area contributed by atoms with Crippen molar-refractivity contribution in [2.75, 3.05) is 19.7 Å². The van der Waals surface area contributed by atoms with E-state index >= 15 is 0 Å². The molecule has 6 heteroatoms. The van der Waals surface area contributed by atoms with Gasteiger partial charge in [-0.3, -0.25) is 0 Å². The van der Waals surface area contributed by atoms with Crippen LogP contribution in [0.2, 0.25) is 5.02 Å². The Bertz CT molecular complexity index is 660. The maximum Gasteiger partial charge on any atom is 0.151 e. The van der Waals surface area contributed by atoms with Gasteiger partial charge in [0.25, 0.3) is 0 Å². The molecule has 3 rings (SSSR count). The largest absolute Gasteiger partial charge is 0.481 e. The molecule has 122 valence electrons. The third-order valence-electron chi connectivity index (χ3n) is 3.64. The lowest BCUT2D eigenvalue weighted by molar-refractivity contribution is -0.0432. The summed E-state index contributed by atoms with van der Waals surface area (Å²) in [6, 6.07) is 9.99. The van der Waals surface area contributed by atoms with E-state index in [9.17, 15) is 8.78 Å². The molecule has 0 aliphatic carbocycles. The number of hydrogen-bond donors (Lipinski definition) is 1. The lowest BCUT2D eigenvalue weighted by Crippen LogP contribution is -2.43. The van der Waals surface area contributed by atoms with E-state index < -0.39 is 11.9 Å². The molecule has 0 saturated carbocycles. The van der Waals surface area contributed by atoms with Crippen molar-refractivity contribution < 1.29 is 18.3 Å². The summed E-state index contributed by atoms with van der Waals surface area (Å²) in [7, 11) is 0. The molecule has 23 heavy (non-hydrogen) atoms. The van der Waals surface area contributed by atoms with Gasteiger partial charge in [-0.25, -0.2) is 8.78 Å². The third kappa shape index (κ3) is 3.99. The lowest BCUT2D eigenvalue weighted by Gasteiger charge is -2.31. The Hall–Kier alpha value is -1.69. The van der Waals surface area contributed by atoms with E-state index in [1.54, 1.807) is 12.1 Å². The van der Waals surface area contributed by atoms with Crippen molar-refractivity contribution in [3.8, 4) is 5.75 Å². The highest BCUT2D eigenvalue weighted by Gasteiger charge is 2.28. The third-order valence-corrected chi connectivity index (χ3v) is 3.94. The first-order valence-electron chi connectivity index (χ1n) is 7.33. The molecule has 1 aliphatic rings. The number of benzene rings is 2. The maximum atomic E-state index is 13.2. The molecule has 0 amide bonds. The molecule has 1 heterocycles. The van der Waals surface area contributed by atoms with E-state index in [-0.39, 0.29) is 16.9 Å². The van der Waals surface area contributed by atoms with E-state index in [4.69, 9.17) is 21.1 Å². The Morgan fingerprint density at radius 3 is 2.52 bits per heavy atom. The summed E-state index contributed by atoms with van der Waals surface area (Å²) in [5.41, 5.74) is 0.764. The second-order valence-corrected chi connectivity index (χ2v) is 5.69. The minimum absolute atomic E-state index is 0.181. The smallest absolute Gasteiger partial charge is 0.151 e. The van der Waals surface area contributed by atoms with Crippen LogP contribution < -0.4 is 10.1 Å². The summed E-state index contributed by atoms with van der Waals surface area (Å²) >= 11 is 6.04.